The SMILES string of the molecule is CCCOc1ccc(CNCCc2ccccc2)cc1Cl. The summed E-state index contributed by atoms with van der Waals surface area (Å²) in [5.74, 6) is 0.770. The van der Waals surface area contributed by atoms with Crippen LogP contribution >= 0.6 is 11.6 Å². The summed E-state index contributed by atoms with van der Waals surface area (Å²) in [7, 11) is 0. The van der Waals surface area contributed by atoms with Crippen LogP contribution in [-0.4, -0.2) is 13.2 Å². The Bertz CT molecular complexity index is 542. The van der Waals surface area contributed by atoms with Crippen LogP contribution in [0.5, 0.6) is 5.75 Å². The zero-order valence-electron chi connectivity index (χ0n) is 12.4. The first-order valence-corrected chi connectivity index (χ1v) is 7.83. The first kappa shape index (κ1) is 15.9. The fourth-order valence-corrected chi connectivity index (χ4v) is 2.35. The molecule has 2 aromatic rings. The minimum atomic E-state index is 0.686. The van der Waals surface area contributed by atoms with E-state index in [2.05, 4.69) is 42.6 Å². The zero-order valence-corrected chi connectivity index (χ0v) is 13.2. The Balaban J connectivity index is 1.77. The summed E-state index contributed by atoms with van der Waals surface area (Å²) in [6.07, 6.45) is 2.02. The molecule has 112 valence electrons. The molecule has 0 bridgehead atoms. The number of nitrogens with one attached hydrogen (secondary N) is 1. The van der Waals surface area contributed by atoms with E-state index in [1.165, 1.54) is 11.1 Å². The second-order valence-corrected chi connectivity index (χ2v) is 5.43. The Labute approximate surface area is 132 Å². The molecule has 0 aliphatic heterocycles. The molecule has 0 fully saturated rings. The number of hydrogen-bond donors (Lipinski definition) is 1. The first-order chi connectivity index (χ1) is 10.3. The summed E-state index contributed by atoms with van der Waals surface area (Å²) < 4.78 is 5.57. The van der Waals surface area contributed by atoms with E-state index in [-0.39, 0.29) is 0 Å². The van der Waals surface area contributed by atoms with Gasteiger partial charge in [0.05, 0.1) is 11.6 Å². The second-order valence-electron chi connectivity index (χ2n) is 5.03. The summed E-state index contributed by atoms with van der Waals surface area (Å²) in [4.78, 5) is 0. The third-order valence-corrected chi connectivity index (χ3v) is 3.52. The molecule has 0 aliphatic carbocycles. The van der Waals surface area contributed by atoms with E-state index in [0.717, 1.165) is 31.7 Å². The maximum absolute atomic E-state index is 6.22. The molecule has 0 heterocycles. The third-order valence-electron chi connectivity index (χ3n) is 3.22. The van der Waals surface area contributed by atoms with Gasteiger partial charge in [-0.15, -0.1) is 0 Å². The molecular weight excluding hydrogens is 282 g/mol. The molecule has 0 unspecified atom stereocenters. The van der Waals surface area contributed by atoms with Gasteiger partial charge in [-0.05, 0) is 42.6 Å². The topological polar surface area (TPSA) is 21.3 Å². The molecule has 3 heteroatoms. The predicted octanol–water partition coefficient (Wildman–Crippen LogP) is 4.46. The molecule has 2 nitrogen and oxygen atoms in total. The largest absolute Gasteiger partial charge is 0.492 e. The Morgan fingerprint density at radius 1 is 1.05 bits per heavy atom. The van der Waals surface area contributed by atoms with Crippen LogP contribution in [0.1, 0.15) is 24.5 Å². The van der Waals surface area contributed by atoms with Gasteiger partial charge in [0.15, 0.2) is 0 Å². The predicted molar refractivity (Wildman–Crippen MR) is 89.1 cm³/mol. The normalized spacial score (nSPS) is 10.6. The molecule has 0 aromatic heterocycles. The molecule has 0 saturated carbocycles. The Morgan fingerprint density at radius 2 is 1.86 bits per heavy atom. The Morgan fingerprint density at radius 3 is 2.57 bits per heavy atom. The first-order valence-electron chi connectivity index (χ1n) is 7.45. The van der Waals surface area contributed by atoms with Crippen LogP contribution in [0.2, 0.25) is 5.02 Å². The van der Waals surface area contributed by atoms with Crippen LogP contribution in [-0.2, 0) is 13.0 Å². The van der Waals surface area contributed by atoms with Gasteiger partial charge >= 0.3 is 0 Å². The lowest BCUT2D eigenvalue weighted by Crippen LogP contribution is -2.16. The maximum Gasteiger partial charge on any atom is 0.137 e. The van der Waals surface area contributed by atoms with Gasteiger partial charge in [-0.2, -0.15) is 0 Å². The molecule has 0 spiro atoms. The van der Waals surface area contributed by atoms with E-state index >= 15 is 0 Å². The van der Waals surface area contributed by atoms with Crippen molar-refractivity contribution in [3.63, 3.8) is 0 Å². The van der Waals surface area contributed by atoms with Gasteiger partial charge < -0.3 is 10.1 Å². The number of benzene rings is 2. The van der Waals surface area contributed by atoms with E-state index in [9.17, 15) is 0 Å². The summed E-state index contributed by atoms with van der Waals surface area (Å²) in [5.41, 5.74) is 2.53. The Hall–Kier alpha value is -1.51. The highest BCUT2D eigenvalue weighted by Crippen LogP contribution is 2.25. The lowest BCUT2D eigenvalue weighted by molar-refractivity contribution is 0.317. The summed E-state index contributed by atoms with van der Waals surface area (Å²) in [6, 6.07) is 16.5. The van der Waals surface area contributed by atoms with Crippen molar-refractivity contribution in [1.29, 1.82) is 0 Å². The number of halogens is 1. The van der Waals surface area contributed by atoms with Crippen molar-refractivity contribution < 1.29 is 4.74 Å². The average molecular weight is 304 g/mol. The molecule has 0 aliphatic rings. The monoisotopic (exact) mass is 303 g/mol. The standard InChI is InChI=1S/C18H22ClNO/c1-2-12-21-18-9-8-16(13-17(18)19)14-20-11-10-15-6-4-3-5-7-15/h3-9,13,20H,2,10-12,14H2,1H3. The molecule has 2 rings (SSSR count). The minimum absolute atomic E-state index is 0.686. The molecule has 0 radical (unpaired) electrons. The van der Waals surface area contributed by atoms with E-state index in [0.29, 0.717) is 11.6 Å². The van der Waals surface area contributed by atoms with Crippen LogP contribution in [0, 0.1) is 0 Å². The van der Waals surface area contributed by atoms with Crippen LogP contribution < -0.4 is 10.1 Å². The number of rotatable bonds is 8. The van der Waals surface area contributed by atoms with E-state index in [1.807, 2.05) is 18.2 Å². The van der Waals surface area contributed by atoms with Crippen molar-refractivity contribution in [3.05, 3.63) is 64.7 Å². The van der Waals surface area contributed by atoms with E-state index in [1.54, 1.807) is 0 Å². The van der Waals surface area contributed by atoms with Crippen molar-refractivity contribution >= 4 is 11.6 Å². The zero-order chi connectivity index (χ0) is 14.9. The van der Waals surface area contributed by atoms with Crippen molar-refractivity contribution in [2.45, 2.75) is 26.3 Å². The molecule has 0 saturated heterocycles. The fourth-order valence-electron chi connectivity index (χ4n) is 2.09. The highest BCUT2D eigenvalue weighted by atomic mass is 35.5. The summed E-state index contributed by atoms with van der Waals surface area (Å²) in [5, 5.41) is 4.13. The van der Waals surface area contributed by atoms with Gasteiger partial charge in [0.2, 0.25) is 0 Å². The lowest BCUT2D eigenvalue weighted by atomic mass is 10.1. The quantitative estimate of drug-likeness (QED) is 0.727. The molecule has 0 amide bonds. The second kappa shape index (κ2) is 8.71. The van der Waals surface area contributed by atoms with Gasteiger partial charge in [0.25, 0.3) is 0 Å². The van der Waals surface area contributed by atoms with Gasteiger partial charge in [-0.1, -0.05) is 54.9 Å². The van der Waals surface area contributed by atoms with Crippen molar-refractivity contribution in [1.82, 2.24) is 5.32 Å². The van der Waals surface area contributed by atoms with Crippen LogP contribution in [0.3, 0.4) is 0 Å². The van der Waals surface area contributed by atoms with Crippen LogP contribution in [0.25, 0.3) is 0 Å². The van der Waals surface area contributed by atoms with Gasteiger partial charge in [-0.25, -0.2) is 0 Å². The molecular formula is C18H22ClNO. The molecule has 1 N–H and O–H groups in total. The summed E-state index contributed by atoms with van der Waals surface area (Å²) in [6.45, 7) is 4.56. The van der Waals surface area contributed by atoms with Gasteiger partial charge in [-0.3, -0.25) is 0 Å². The Kier molecular flexibility index (Phi) is 6.58. The smallest absolute Gasteiger partial charge is 0.137 e. The van der Waals surface area contributed by atoms with E-state index in [4.69, 9.17) is 16.3 Å². The van der Waals surface area contributed by atoms with Crippen molar-refractivity contribution in [2.24, 2.45) is 0 Å². The van der Waals surface area contributed by atoms with E-state index < -0.39 is 0 Å². The number of ether oxygens (including phenoxy) is 1. The number of hydrogen-bond acceptors (Lipinski definition) is 2. The fraction of sp³-hybridized carbons (Fsp3) is 0.333. The molecule has 0 atom stereocenters. The maximum atomic E-state index is 6.22. The highest BCUT2D eigenvalue weighted by molar-refractivity contribution is 6.32. The average Bonchev–Trinajstić information content (AvgIpc) is 2.52. The minimum Gasteiger partial charge on any atom is -0.492 e. The highest BCUT2D eigenvalue weighted by Gasteiger charge is 2.02. The third kappa shape index (κ3) is 5.41. The van der Waals surface area contributed by atoms with Crippen molar-refractivity contribution in [2.75, 3.05) is 13.2 Å². The van der Waals surface area contributed by atoms with Crippen molar-refractivity contribution in [3.8, 4) is 5.75 Å². The van der Waals surface area contributed by atoms with Gasteiger partial charge in [0.1, 0.15) is 5.75 Å². The molecule has 2 aromatic carbocycles. The van der Waals surface area contributed by atoms with Gasteiger partial charge in [0, 0.05) is 6.54 Å². The van der Waals surface area contributed by atoms with Crippen LogP contribution in [0.15, 0.2) is 48.5 Å². The lowest BCUT2D eigenvalue weighted by Gasteiger charge is -2.09. The van der Waals surface area contributed by atoms with Crippen LogP contribution in [0.4, 0.5) is 0 Å². The molecule has 21 heavy (non-hydrogen) atoms. The summed E-state index contributed by atoms with van der Waals surface area (Å²) >= 11 is 6.22.